The minimum absolute atomic E-state index is 0.0836. The predicted molar refractivity (Wildman–Crippen MR) is 54.8 cm³/mol. The van der Waals surface area contributed by atoms with Gasteiger partial charge in [-0.2, -0.15) is 0 Å². The molecule has 1 aliphatic heterocycles. The van der Waals surface area contributed by atoms with Crippen molar-refractivity contribution < 1.29 is 9.84 Å². The normalized spacial score (nSPS) is 23.6. The molecule has 0 aromatic heterocycles. The number of hydrogen-bond donors (Lipinski definition) is 2. The molecule has 0 saturated carbocycles. The first-order valence-electron chi connectivity index (χ1n) is 4.93. The molecule has 0 radical (unpaired) electrons. The third-order valence-corrected chi connectivity index (χ3v) is 2.63. The number of ether oxygens (including phenoxy) is 1. The van der Waals surface area contributed by atoms with Gasteiger partial charge in [0.15, 0.2) is 0 Å². The van der Waals surface area contributed by atoms with Gasteiger partial charge in [-0.1, -0.05) is 18.2 Å². The Morgan fingerprint density at radius 1 is 1.43 bits per heavy atom. The molecular weight excluding hydrogens is 178 g/mol. The average molecular weight is 193 g/mol. The van der Waals surface area contributed by atoms with Crippen molar-refractivity contribution in [1.29, 1.82) is 0 Å². The lowest BCUT2D eigenvalue weighted by Gasteiger charge is -2.19. The summed E-state index contributed by atoms with van der Waals surface area (Å²) in [7, 11) is 0. The third kappa shape index (κ3) is 1.74. The Morgan fingerprint density at radius 2 is 2.21 bits per heavy atom. The van der Waals surface area contributed by atoms with Crippen LogP contribution in [0.3, 0.4) is 0 Å². The quantitative estimate of drug-likeness (QED) is 0.699. The van der Waals surface area contributed by atoms with Gasteiger partial charge in [0, 0.05) is 17.9 Å². The maximum atomic E-state index is 10.00. The van der Waals surface area contributed by atoms with Crippen molar-refractivity contribution in [2.75, 3.05) is 12.3 Å². The van der Waals surface area contributed by atoms with Crippen LogP contribution in [-0.2, 0) is 4.74 Å². The van der Waals surface area contributed by atoms with E-state index < -0.39 is 6.10 Å². The Bertz CT molecular complexity index is 308. The Hall–Kier alpha value is -1.06. The Morgan fingerprint density at radius 3 is 2.86 bits per heavy atom. The molecule has 1 aromatic rings. The van der Waals surface area contributed by atoms with Gasteiger partial charge in [-0.05, 0) is 18.9 Å². The molecular formula is C11H15NO2. The van der Waals surface area contributed by atoms with Crippen molar-refractivity contribution in [1.82, 2.24) is 0 Å². The highest BCUT2D eigenvalue weighted by atomic mass is 16.5. The summed E-state index contributed by atoms with van der Waals surface area (Å²) < 4.78 is 5.42. The number of rotatable bonds is 2. The molecule has 0 spiro atoms. The first-order chi connectivity index (χ1) is 6.79. The first-order valence-corrected chi connectivity index (χ1v) is 4.93. The van der Waals surface area contributed by atoms with E-state index in [4.69, 9.17) is 10.5 Å². The lowest BCUT2D eigenvalue weighted by atomic mass is 10.0. The molecule has 1 heterocycles. The molecule has 2 unspecified atom stereocenters. The summed E-state index contributed by atoms with van der Waals surface area (Å²) in [5.41, 5.74) is 7.19. The molecule has 3 nitrogen and oxygen atoms in total. The van der Waals surface area contributed by atoms with Crippen LogP contribution < -0.4 is 5.73 Å². The van der Waals surface area contributed by atoms with Gasteiger partial charge in [-0.25, -0.2) is 0 Å². The molecule has 1 saturated heterocycles. The summed E-state index contributed by atoms with van der Waals surface area (Å²) in [4.78, 5) is 0. The standard InChI is InChI=1S/C11H15NO2/c12-9-5-2-1-4-8(9)11(13)10-6-3-7-14-10/h1-2,4-5,10-11,13H,3,6-7,12H2. The number of aliphatic hydroxyl groups excluding tert-OH is 1. The molecule has 2 atom stereocenters. The highest BCUT2D eigenvalue weighted by Crippen LogP contribution is 2.29. The van der Waals surface area contributed by atoms with Crippen LogP contribution in [0.25, 0.3) is 0 Å². The van der Waals surface area contributed by atoms with Crippen molar-refractivity contribution in [3.8, 4) is 0 Å². The van der Waals surface area contributed by atoms with Crippen LogP contribution in [0.15, 0.2) is 24.3 Å². The monoisotopic (exact) mass is 193 g/mol. The SMILES string of the molecule is Nc1ccccc1C(O)C1CCCO1. The van der Waals surface area contributed by atoms with Crippen LogP contribution in [-0.4, -0.2) is 17.8 Å². The Kier molecular flexibility index (Phi) is 2.70. The lowest BCUT2D eigenvalue weighted by molar-refractivity contribution is -0.00222. The van der Waals surface area contributed by atoms with Crippen molar-refractivity contribution in [2.45, 2.75) is 25.0 Å². The van der Waals surface area contributed by atoms with E-state index >= 15 is 0 Å². The highest BCUT2D eigenvalue weighted by molar-refractivity contribution is 5.47. The zero-order valence-corrected chi connectivity index (χ0v) is 8.02. The van der Waals surface area contributed by atoms with Crippen molar-refractivity contribution >= 4 is 5.69 Å². The first kappa shape index (κ1) is 9.49. The van der Waals surface area contributed by atoms with Gasteiger partial charge >= 0.3 is 0 Å². The number of anilines is 1. The molecule has 1 aliphatic rings. The number of para-hydroxylation sites is 1. The van der Waals surface area contributed by atoms with Crippen LogP contribution in [0.4, 0.5) is 5.69 Å². The van der Waals surface area contributed by atoms with Gasteiger partial charge in [0.1, 0.15) is 6.10 Å². The van der Waals surface area contributed by atoms with Crippen LogP contribution in [0, 0.1) is 0 Å². The van der Waals surface area contributed by atoms with Gasteiger partial charge in [-0.3, -0.25) is 0 Å². The van der Waals surface area contributed by atoms with Gasteiger partial charge in [-0.15, -0.1) is 0 Å². The van der Waals surface area contributed by atoms with E-state index in [0.717, 1.165) is 25.0 Å². The van der Waals surface area contributed by atoms with Gasteiger partial charge in [0.05, 0.1) is 6.10 Å². The number of hydrogen-bond acceptors (Lipinski definition) is 3. The molecule has 3 N–H and O–H groups in total. The smallest absolute Gasteiger partial charge is 0.107 e. The zero-order chi connectivity index (χ0) is 9.97. The number of nitrogen functional groups attached to an aromatic ring is 1. The largest absolute Gasteiger partial charge is 0.398 e. The third-order valence-electron chi connectivity index (χ3n) is 2.63. The molecule has 2 rings (SSSR count). The zero-order valence-electron chi connectivity index (χ0n) is 8.02. The number of nitrogens with two attached hydrogens (primary N) is 1. The van der Waals surface area contributed by atoms with Crippen molar-refractivity contribution in [3.05, 3.63) is 29.8 Å². The van der Waals surface area contributed by atoms with Crippen LogP contribution >= 0.6 is 0 Å². The maximum Gasteiger partial charge on any atom is 0.107 e. The van der Waals surface area contributed by atoms with Gasteiger partial charge in [0.2, 0.25) is 0 Å². The second-order valence-corrected chi connectivity index (χ2v) is 3.63. The fourth-order valence-electron chi connectivity index (χ4n) is 1.83. The van der Waals surface area contributed by atoms with E-state index in [-0.39, 0.29) is 6.10 Å². The summed E-state index contributed by atoms with van der Waals surface area (Å²) in [6, 6.07) is 7.39. The molecule has 0 amide bonds. The second kappa shape index (κ2) is 3.98. The summed E-state index contributed by atoms with van der Waals surface area (Å²) in [5.74, 6) is 0. The Balaban J connectivity index is 2.17. The molecule has 76 valence electrons. The average Bonchev–Trinajstić information content (AvgIpc) is 2.70. The Labute approximate surface area is 83.5 Å². The fraction of sp³-hybridized carbons (Fsp3) is 0.455. The van der Waals surface area contributed by atoms with Crippen LogP contribution in [0.2, 0.25) is 0 Å². The fourth-order valence-corrected chi connectivity index (χ4v) is 1.83. The second-order valence-electron chi connectivity index (χ2n) is 3.63. The minimum Gasteiger partial charge on any atom is -0.398 e. The molecule has 0 bridgehead atoms. The summed E-state index contributed by atoms with van der Waals surface area (Å²) >= 11 is 0. The lowest BCUT2D eigenvalue weighted by Crippen LogP contribution is -2.18. The molecule has 3 heteroatoms. The van der Waals surface area contributed by atoms with E-state index in [1.807, 2.05) is 18.2 Å². The topological polar surface area (TPSA) is 55.5 Å². The van der Waals surface area contributed by atoms with E-state index in [2.05, 4.69) is 0 Å². The molecule has 0 aliphatic carbocycles. The van der Waals surface area contributed by atoms with E-state index in [1.54, 1.807) is 6.07 Å². The molecule has 1 aromatic carbocycles. The van der Waals surface area contributed by atoms with Crippen LogP contribution in [0.5, 0.6) is 0 Å². The highest BCUT2D eigenvalue weighted by Gasteiger charge is 2.26. The van der Waals surface area contributed by atoms with Crippen LogP contribution in [0.1, 0.15) is 24.5 Å². The molecule has 1 fully saturated rings. The van der Waals surface area contributed by atoms with Gasteiger partial charge in [0.25, 0.3) is 0 Å². The predicted octanol–water partition coefficient (Wildman–Crippen LogP) is 1.48. The summed E-state index contributed by atoms with van der Waals surface area (Å²) in [5, 5.41) is 10.00. The van der Waals surface area contributed by atoms with E-state index in [9.17, 15) is 5.11 Å². The summed E-state index contributed by atoms with van der Waals surface area (Å²) in [6.45, 7) is 0.745. The van der Waals surface area contributed by atoms with E-state index in [0.29, 0.717) is 5.69 Å². The maximum absolute atomic E-state index is 10.00. The number of benzene rings is 1. The number of aliphatic hydroxyl groups is 1. The molecule has 14 heavy (non-hydrogen) atoms. The van der Waals surface area contributed by atoms with Gasteiger partial charge < -0.3 is 15.6 Å². The van der Waals surface area contributed by atoms with Crippen molar-refractivity contribution in [2.24, 2.45) is 0 Å². The minimum atomic E-state index is -0.585. The summed E-state index contributed by atoms with van der Waals surface area (Å²) in [6.07, 6.45) is 1.27. The van der Waals surface area contributed by atoms with Crippen molar-refractivity contribution in [3.63, 3.8) is 0 Å². The van der Waals surface area contributed by atoms with E-state index in [1.165, 1.54) is 0 Å².